The molecule has 4 heterocycles. The van der Waals surface area contributed by atoms with Crippen molar-refractivity contribution in [3.05, 3.63) is 30.2 Å². The second-order valence-corrected chi connectivity index (χ2v) is 6.26. The highest BCUT2D eigenvalue weighted by Crippen LogP contribution is 2.22. The number of ether oxygens (including phenoxy) is 1. The molecule has 7 heteroatoms. The molecule has 1 atom stereocenters. The molecule has 0 N–H and O–H groups in total. The van der Waals surface area contributed by atoms with E-state index in [1.165, 1.54) is 0 Å². The van der Waals surface area contributed by atoms with E-state index in [9.17, 15) is 4.79 Å². The molecule has 0 aliphatic carbocycles. The Morgan fingerprint density at radius 2 is 2.12 bits per heavy atom. The third-order valence-electron chi connectivity index (χ3n) is 4.60. The summed E-state index contributed by atoms with van der Waals surface area (Å²) in [6, 6.07) is 5.57. The maximum atomic E-state index is 12.3. The van der Waals surface area contributed by atoms with Crippen LogP contribution in [-0.4, -0.2) is 59.8 Å². The lowest BCUT2D eigenvalue weighted by molar-refractivity contribution is -0.142. The van der Waals surface area contributed by atoms with Crippen LogP contribution in [0.5, 0.6) is 0 Å². The first-order chi connectivity index (χ1) is 11.8. The van der Waals surface area contributed by atoms with E-state index in [2.05, 4.69) is 10.1 Å². The average Bonchev–Trinajstić information content (AvgIpc) is 3.36. The zero-order chi connectivity index (χ0) is 16.4. The van der Waals surface area contributed by atoms with Crippen LogP contribution in [0.25, 0.3) is 11.5 Å². The molecule has 2 fully saturated rings. The van der Waals surface area contributed by atoms with Crippen LogP contribution in [0, 0.1) is 0 Å². The van der Waals surface area contributed by atoms with E-state index in [1.807, 2.05) is 23.1 Å². The van der Waals surface area contributed by atoms with Gasteiger partial charge in [-0.05, 0) is 25.0 Å². The summed E-state index contributed by atoms with van der Waals surface area (Å²) in [6.45, 7) is 4.57. The summed E-state index contributed by atoms with van der Waals surface area (Å²) in [5, 5.41) is 4.11. The van der Waals surface area contributed by atoms with Gasteiger partial charge in [0.2, 0.25) is 5.76 Å². The molecule has 4 rings (SSSR count). The lowest BCUT2D eigenvalue weighted by Gasteiger charge is -2.35. The van der Waals surface area contributed by atoms with Crippen molar-refractivity contribution in [2.75, 3.05) is 32.8 Å². The summed E-state index contributed by atoms with van der Waals surface area (Å²) < 4.78 is 16.1. The van der Waals surface area contributed by atoms with Crippen LogP contribution in [0.3, 0.4) is 0 Å². The number of hydrogen-bond donors (Lipinski definition) is 0. The number of amides is 1. The number of nitrogens with zero attached hydrogens (tertiary/aromatic N) is 3. The molecular weight excluding hydrogens is 310 g/mol. The van der Waals surface area contributed by atoms with E-state index in [1.54, 1.807) is 6.26 Å². The summed E-state index contributed by atoms with van der Waals surface area (Å²) in [7, 11) is 0. The highest BCUT2D eigenvalue weighted by molar-refractivity contribution is 5.81. The van der Waals surface area contributed by atoms with Crippen molar-refractivity contribution in [1.82, 2.24) is 15.0 Å². The maximum Gasteiger partial charge on any atom is 0.251 e. The number of carbonyl (C=O) groups is 1. The van der Waals surface area contributed by atoms with Gasteiger partial charge in [-0.1, -0.05) is 5.16 Å². The largest absolute Gasteiger partial charge is 0.461 e. The molecule has 0 radical (unpaired) electrons. The smallest absolute Gasteiger partial charge is 0.251 e. The van der Waals surface area contributed by atoms with Gasteiger partial charge in [0.25, 0.3) is 5.91 Å². The number of rotatable bonds is 4. The quantitative estimate of drug-likeness (QED) is 0.850. The Balaban J connectivity index is 1.29. The fourth-order valence-corrected chi connectivity index (χ4v) is 3.25. The fraction of sp³-hybridized carbons (Fsp3) is 0.529. The van der Waals surface area contributed by atoms with Crippen molar-refractivity contribution < 1.29 is 18.5 Å². The van der Waals surface area contributed by atoms with Crippen molar-refractivity contribution in [2.24, 2.45) is 0 Å². The highest BCUT2D eigenvalue weighted by atomic mass is 16.5. The van der Waals surface area contributed by atoms with Gasteiger partial charge in [-0.15, -0.1) is 0 Å². The minimum atomic E-state index is -0.219. The van der Waals surface area contributed by atoms with Crippen LogP contribution in [0.2, 0.25) is 0 Å². The first-order valence-corrected chi connectivity index (χ1v) is 8.42. The molecule has 2 aromatic heterocycles. The van der Waals surface area contributed by atoms with E-state index >= 15 is 0 Å². The van der Waals surface area contributed by atoms with Crippen LogP contribution in [0.15, 0.2) is 33.4 Å². The average molecular weight is 331 g/mol. The molecular formula is C17H21N3O4. The first-order valence-electron chi connectivity index (χ1n) is 8.42. The molecule has 0 unspecified atom stereocenters. The number of carbonyl (C=O) groups excluding carboxylic acids is 1. The van der Waals surface area contributed by atoms with Crippen LogP contribution >= 0.6 is 0 Å². The van der Waals surface area contributed by atoms with E-state index in [0.717, 1.165) is 44.7 Å². The predicted molar refractivity (Wildman–Crippen MR) is 85.0 cm³/mol. The van der Waals surface area contributed by atoms with Crippen molar-refractivity contribution in [3.63, 3.8) is 0 Å². The number of furan rings is 1. The van der Waals surface area contributed by atoms with Crippen molar-refractivity contribution in [3.8, 4) is 11.5 Å². The SMILES string of the molecule is O=C([C@H]1CCCO1)N1CCN(Cc2cc(-c3ccco3)on2)CC1. The summed E-state index contributed by atoms with van der Waals surface area (Å²) in [5.41, 5.74) is 0.875. The van der Waals surface area contributed by atoms with Crippen LogP contribution in [0.1, 0.15) is 18.5 Å². The van der Waals surface area contributed by atoms with Gasteiger partial charge in [-0.3, -0.25) is 9.69 Å². The molecule has 0 bridgehead atoms. The third-order valence-corrected chi connectivity index (χ3v) is 4.60. The number of aromatic nitrogens is 1. The minimum Gasteiger partial charge on any atom is -0.461 e. The minimum absolute atomic E-state index is 0.147. The van der Waals surface area contributed by atoms with Gasteiger partial charge < -0.3 is 18.6 Å². The van der Waals surface area contributed by atoms with E-state index in [4.69, 9.17) is 13.7 Å². The molecule has 1 amide bonds. The van der Waals surface area contributed by atoms with Gasteiger partial charge in [0.05, 0.1) is 12.0 Å². The Morgan fingerprint density at radius 1 is 1.25 bits per heavy atom. The van der Waals surface area contributed by atoms with E-state index in [0.29, 0.717) is 24.7 Å². The second-order valence-electron chi connectivity index (χ2n) is 6.26. The fourth-order valence-electron chi connectivity index (χ4n) is 3.25. The Bertz CT molecular complexity index is 668. The standard InChI is InChI=1S/C17H21N3O4/c21-17(15-4-2-10-23-15)20-7-5-19(6-8-20)12-13-11-16(24-18-13)14-3-1-9-22-14/h1,3,9,11,15H,2,4-8,10,12H2/t15-/m1/s1. The Hall–Kier alpha value is -2.12. The summed E-state index contributed by atoms with van der Waals surface area (Å²) in [5.74, 6) is 1.47. The maximum absolute atomic E-state index is 12.3. The van der Waals surface area contributed by atoms with Gasteiger partial charge in [-0.2, -0.15) is 0 Å². The van der Waals surface area contributed by atoms with Crippen LogP contribution in [-0.2, 0) is 16.1 Å². The lowest BCUT2D eigenvalue weighted by Crippen LogP contribution is -2.51. The molecule has 0 saturated carbocycles. The molecule has 128 valence electrons. The van der Waals surface area contributed by atoms with Gasteiger partial charge in [0.15, 0.2) is 5.76 Å². The summed E-state index contributed by atoms with van der Waals surface area (Å²) >= 11 is 0. The number of hydrogen-bond acceptors (Lipinski definition) is 6. The van der Waals surface area contributed by atoms with Crippen LogP contribution < -0.4 is 0 Å². The Kier molecular flexibility index (Phi) is 4.36. The summed E-state index contributed by atoms with van der Waals surface area (Å²) in [4.78, 5) is 16.5. The van der Waals surface area contributed by atoms with Gasteiger partial charge in [0, 0.05) is 45.4 Å². The molecule has 2 saturated heterocycles. The van der Waals surface area contributed by atoms with Gasteiger partial charge in [-0.25, -0.2) is 0 Å². The highest BCUT2D eigenvalue weighted by Gasteiger charge is 2.30. The van der Waals surface area contributed by atoms with E-state index in [-0.39, 0.29) is 12.0 Å². The summed E-state index contributed by atoms with van der Waals surface area (Å²) in [6.07, 6.45) is 3.23. The molecule has 2 aliphatic heterocycles. The first kappa shape index (κ1) is 15.4. The zero-order valence-corrected chi connectivity index (χ0v) is 13.5. The van der Waals surface area contributed by atoms with Gasteiger partial charge >= 0.3 is 0 Å². The third kappa shape index (κ3) is 3.22. The Morgan fingerprint density at radius 3 is 2.83 bits per heavy atom. The predicted octanol–water partition coefficient (Wildman–Crippen LogP) is 1.76. The van der Waals surface area contributed by atoms with Crippen LogP contribution in [0.4, 0.5) is 0 Å². The van der Waals surface area contributed by atoms with E-state index < -0.39 is 0 Å². The topological polar surface area (TPSA) is 72.0 Å². The number of piperazine rings is 1. The molecule has 0 aromatic carbocycles. The second kappa shape index (κ2) is 6.78. The molecule has 0 spiro atoms. The van der Waals surface area contributed by atoms with Gasteiger partial charge in [0.1, 0.15) is 6.10 Å². The lowest BCUT2D eigenvalue weighted by atomic mass is 10.2. The van der Waals surface area contributed by atoms with Crippen molar-refractivity contribution in [1.29, 1.82) is 0 Å². The molecule has 24 heavy (non-hydrogen) atoms. The monoisotopic (exact) mass is 331 g/mol. The normalized spacial score (nSPS) is 22.2. The Labute approximate surface area is 140 Å². The van der Waals surface area contributed by atoms with Crippen molar-refractivity contribution >= 4 is 5.91 Å². The molecule has 7 nitrogen and oxygen atoms in total. The van der Waals surface area contributed by atoms with Crippen molar-refractivity contribution in [2.45, 2.75) is 25.5 Å². The molecule has 2 aliphatic rings. The zero-order valence-electron chi connectivity index (χ0n) is 13.5. The molecule has 2 aromatic rings.